The van der Waals surface area contributed by atoms with Gasteiger partial charge in [-0.15, -0.1) is 0 Å². The molecule has 5 nitrogen and oxygen atoms in total. The lowest BCUT2D eigenvalue weighted by Crippen LogP contribution is -2.23. The fourth-order valence-corrected chi connectivity index (χ4v) is 3.71. The van der Waals surface area contributed by atoms with Gasteiger partial charge in [-0.25, -0.2) is 9.37 Å². The van der Waals surface area contributed by atoms with Gasteiger partial charge in [0, 0.05) is 22.2 Å². The molecule has 1 amide bonds. The number of benzene rings is 2. The molecular formula is C21H20FN3O2S. The van der Waals surface area contributed by atoms with E-state index in [1.54, 1.807) is 13.0 Å². The van der Waals surface area contributed by atoms with Gasteiger partial charge < -0.3 is 10.3 Å². The summed E-state index contributed by atoms with van der Waals surface area (Å²) in [6, 6.07) is 15.5. The minimum absolute atomic E-state index is 0.117. The minimum Gasteiger partial charge on any atom is -0.326 e. The Morgan fingerprint density at radius 1 is 1.21 bits per heavy atom. The van der Waals surface area contributed by atoms with E-state index in [9.17, 15) is 14.0 Å². The maximum absolute atomic E-state index is 13.2. The van der Waals surface area contributed by atoms with E-state index in [0.717, 1.165) is 5.56 Å². The molecule has 1 atom stereocenters. The largest absolute Gasteiger partial charge is 0.326 e. The number of nitrogens with zero attached hydrogens (tertiary/aromatic N) is 1. The lowest BCUT2D eigenvalue weighted by Gasteiger charge is -2.12. The summed E-state index contributed by atoms with van der Waals surface area (Å²) in [5, 5.41) is 3.21. The zero-order valence-electron chi connectivity index (χ0n) is 15.5. The third kappa shape index (κ3) is 5.07. The molecule has 3 aromatic rings. The Bertz CT molecular complexity index is 1040. The third-order valence-corrected chi connectivity index (χ3v) is 5.25. The molecule has 2 aromatic carbocycles. The van der Waals surface area contributed by atoms with Crippen molar-refractivity contribution in [3.05, 3.63) is 87.6 Å². The van der Waals surface area contributed by atoms with E-state index in [2.05, 4.69) is 15.3 Å². The van der Waals surface area contributed by atoms with E-state index in [4.69, 9.17) is 0 Å². The summed E-state index contributed by atoms with van der Waals surface area (Å²) in [5.41, 5.74) is 1.93. The lowest BCUT2D eigenvalue weighted by atomic mass is 10.1. The van der Waals surface area contributed by atoms with Crippen molar-refractivity contribution in [1.82, 2.24) is 9.97 Å². The van der Waals surface area contributed by atoms with Crippen molar-refractivity contribution in [2.75, 3.05) is 5.32 Å². The average molecular weight is 397 g/mol. The number of amides is 1. The molecular weight excluding hydrogens is 377 g/mol. The van der Waals surface area contributed by atoms with E-state index in [1.165, 1.54) is 30.0 Å². The van der Waals surface area contributed by atoms with Crippen molar-refractivity contribution in [3.63, 3.8) is 0 Å². The van der Waals surface area contributed by atoms with Gasteiger partial charge in [0.25, 0.3) is 5.56 Å². The monoisotopic (exact) mass is 397 g/mol. The van der Waals surface area contributed by atoms with Crippen LogP contribution >= 0.6 is 11.8 Å². The van der Waals surface area contributed by atoms with Crippen LogP contribution in [0.2, 0.25) is 0 Å². The van der Waals surface area contributed by atoms with Gasteiger partial charge in [0.05, 0.1) is 6.42 Å². The molecule has 0 radical (unpaired) electrons. The Kier molecular flexibility index (Phi) is 6.26. The molecule has 3 rings (SSSR count). The molecule has 1 unspecified atom stereocenters. The van der Waals surface area contributed by atoms with Crippen LogP contribution in [0.3, 0.4) is 0 Å². The number of H-pyrrole nitrogens is 1. The first-order chi connectivity index (χ1) is 13.4. The maximum Gasteiger partial charge on any atom is 0.255 e. The van der Waals surface area contributed by atoms with Gasteiger partial charge in [-0.2, -0.15) is 0 Å². The standard InChI is InChI=1S/C21H20FN3O2S/c1-13-18(12-19(26)24-17-10-6-9-16(22)11-17)20(27)25-21(23-13)28-14(2)15-7-4-3-5-8-15/h3-11,14H,12H2,1-2H3,(H,24,26)(H,23,25,27). The van der Waals surface area contributed by atoms with E-state index in [1.807, 2.05) is 37.3 Å². The predicted octanol–water partition coefficient (Wildman–Crippen LogP) is 4.25. The van der Waals surface area contributed by atoms with Gasteiger partial charge >= 0.3 is 0 Å². The zero-order chi connectivity index (χ0) is 20.1. The number of thioether (sulfide) groups is 1. The highest BCUT2D eigenvalue weighted by Gasteiger charge is 2.15. The lowest BCUT2D eigenvalue weighted by molar-refractivity contribution is -0.115. The van der Waals surface area contributed by atoms with E-state index in [0.29, 0.717) is 22.1 Å². The summed E-state index contributed by atoms with van der Waals surface area (Å²) in [6.07, 6.45) is -0.135. The summed E-state index contributed by atoms with van der Waals surface area (Å²) in [7, 11) is 0. The summed E-state index contributed by atoms with van der Waals surface area (Å²) in [5.74, 6) is -0.846. The second-order valence-corrected chi connectivity index (χ2v) is 7.67. The third-order valence-electron chi connectivity index (χ3n) is 4.20. The number of hydrogen-bond donors (Lipinski definition) is 2. The number of aromatic nitrogens is 2. The number of aromatic amines is 1. The van der Waals surface area contributed by atoms with Crippen LogP contribution in [0.15, 0.2) is 64.5 Å². The van der Waals surface area contributed by atoms with E-state index in [-0.39, 0.29) is 17.2 Å². The number of rotatable bonds is 6. The van der Waals surface area contributed by atoms with Gasteiger partial charge in [-0.05, 0) is 37.6 Å². The molecule has 28 heavy (non-hydrogen) atoms. The van der Waals surface area contributed by atoms with Crippen LogP contribution in [0, 0.1) is 12.7 Å². The van der Waals surface area contributed by atoms with Crippen LogP contribution in [0.1, 0.15) is 29.0 Å². The summed E-state index contributed by atoms with van der Waals surface area (Å²) >= 11 is 1.45. The van der Waals surface area contributed by atoms with Gasteiger partial charge in [0.1, 0.15) is 5.82 Å². The molecule has 0 aliphatic rings. The average Bonchev–Trinajstić information content (AvgIpc) is 2.65. The van der Waals surface area contributed by atoms with E-state index < -0.39 is 11.7 Å². The van der Waals surface area contributed by atoms with Gasteiger partial charge in [-0.3, -0.25) is 9.59 Å². The van der Waals surface area contributed by atoms with Gasteiger partial charge in [0.2, 0.25) is 5.91 Å². The molecule has 0 saturated heterocycles. The molecule has 1 heterocycles. The highest BCUT2D eigenvalue weighted by atomic mass is 32.2. The van der Waals surface area contributed by atoms with Crippen molar-refractivity contribution in [1.29, 1.82) is 0 Å². The van der Waals surface area contributed by atoms with Crippen molar-refractivity contribution in [2.45, 2.75) is 30.7 Å². The molecule has 0 saturated carbocycles. The molecule has 2 N–H and O–H groups in total. The number of nitrogens with one attached hydrogen (secondary N) is 2. The highest BCUT2D eigenvalue weighted by molar-refractivity contribution is 7.99. The number of carbonyl (C=O) groups excluding carboxylic acids is 1. The summed E-state index contributed by atoms with van der Waals surface area (Å²) in [6.45, 7) is 3.74. The Hall–Kier alpha value is -2.93. The number of hydrogen-bond acceptors (Lipinski definition) is 4. The molecule has 0 spiro atoms. The second-order valence-electron chi connectivity index (χ2n) is 6.34. The predicted molar refractivity (Wildman–Crippen MR) is 109 cm³/mol. The number of anilines is 1. The van der Waals surface area contributed by atoms with Crippen molar-refractivity contribution in [3.8, 4) is 0 Å². The first-order valence-corrected chi connectivity index (χ1v) is 9.67. The summed E-state index contributed by atoms with van der Waals surface area (Å²) in [4.78, 5) is 31.9. The first-order valence-electron chi connectivity index (χ1n) is 8.79. The Morgan fingerprint density at radius 3 is 2.64 bits per heavy atom. The van der Waals surface area contributed by atoms with Crippen LogP contribution in [-0.2, 0) is 11.2 Å². The van der Waals surface area contributed by atoms with E-state index >= 15 is 0 Å². The van der Waals surface area contributed by atoms with Crippen LogP contribution in [0.25, 0.3) is 0 Å². The highest BCUT2D eigenvalue weighted by Crippen LogP contribution is 2.32. The molecule has 0 aliphatic heterocycles. The first kappa shape index (κ1) is 19.8. The fourth-order valence-electron chi connectivity index (χ4n) is 2.74. The van der Waals surface area contributed by atoms with Crippen LogP contribution in [0.4, 0.5) is 10.1 Å². The van der Waals surface area contributed by atoms with Gasteiger partial charge in [-0.1, -0.05) is 48.2 Å². The minimum atomic E-state index is -0.442. The van der Waals surface area contributed by atoms with Crippen LogP contribution in [0.5, 0.6) is 0 Å². The number of carbonyl (C=O) groups is 1. The van der Waals surface area contributed by atoms with Crippen LogP contribution < -0.4 is 10.9 Å². The number of halogens is 1. The SMILES string of the molecule is Cc1nc(SC(C)c2ccccc2)[nH]c(=O)c1CC(=O)Nc1cccc(F)c1. The van der Waals surface area contributed by atoms with Gasteiger partial charge in [0.15, 0.2) is 5.16 Å². The van der Waals surface area contributed by atoms with Crippen molar-refractivity contribution in [2.24, 2.45) is 0 Å². The summed E-state index contributed by atoms with van der Waals surface area (Å²) < 4.78 is 13.2. The van der Waals surface area contributed by atoms with Crippen LogP contribution in [-0.4, -0.2) is 15.9 Å². The Balaban J connectivity index is 1.71. The Labute approximate surface area is 166 Å². The molecule has 144 valence electrons. The quantitative estimate of drug-likeness (QED) is 0.482. The number of aryl methyl sites for hydroxylation is 1. The van der Waals surface area contributed by atoms with Crippen molar-refractivity contribution < 1.29 is 9.18 Å². The second kappa shape index (κ2) is 8.84. The zero-order valence-corrected chi connectivity index (χ0v) is 16.3. The maximum atomic E-state index is 13.2. The molecule has 0 aliphatic carbocycles. The normalized spacial score (nSPS) is 11.8. The molecule has 1 aromatic heterocycles. The molecule has 0 bridgehead atoms. The molecule has 0 fully saturated rings. The fraction of sp³-hybridized carbons (Fsp3) is 0.190. The van der Waals surface area contributed by atoms with Crippen molar-refractivity contribution >= 4 is 23.4 Å². The topological polar surface area (TPSA) is 74.8 Å². The smallest absolute Gasteiger partial charge is 0.255 e. The molecule has 7 heteroatoms. The Morgan fingerprint density at radius 2 is 1.96 bits per heavy atom.